The summed E-state index contributed by atoms with van der Waals surface area (Å²) in [4.78, 5) is 4.29. The lowest BCUT2D eigenvalue weighted by atomic mass is 9.51. The summed E-state index contributed by atoms with van der Waals surface area (Å²) < 4.78 is 42.9. The van der Waals surface area contributed by atoms with Crippen molar-refractivity contribution in [3.05, 3.63) is 35.1 Å². The highest BCUT2D eigenvalue weighted by Gasteiger charge is 2.59. The van der Waals surface area contributed by atoms with Crippen LogP contribution in [0, 0.1) is 11.2 Å². The molecule has 3 rings (SSSR count). The van der Waals surface area contributed by atoms with Crippen LogP contribution in [0.3, 0.4) is 0 Å². The Balaban J connectivity index is 0.00000300. The molecule has 2 atom stereocenters. The van der Waals surface area contributed by atoms with Gasteiger partial charge in [-0.05, 0) is 49.4 Å². The van der Waals surface area contributed by atoms with Gasteiger partial charge in [0.1, 0.15) is 5.82 Å². The van der Waals surface area contributed by atoms with Gasteiger partial charge in [0.2, 0.25) is 0 Å². The first-order valence-corrected chi connectivity index (χ1v) is 11.9. The molecule has 2 aliphatic carbocycles. The molecule has 29 heavy (non-hydrogen) atoms. The second-order valence-corrected chi connectivity index (χ2v) is 10.0. The molecule has 1 spiro atoms. The van der Waals surface area contributed by atoms with Crippen LogP contribution in [0.4, 0.5) is 4.39 Å². The maximum Gasteiger partial charge on any atom is 0.191 e. The van der Waals surface area contributed by atoms with E-state index in [1.54, 1.807) is 7.05 Å². The number of halogens is 2. The molecule has 1 aromatic rings. The molecular formula is C20H31FIN3O3S. The third kappa shape index (κ3) is 5.61. The number of sulfone groups is 1. The van der Waals surface area contributed by atoms with Crippen LogP contribution in [0.2, 0.25) is 0 Å². The summed E-state index contributed by atoms with van der Waals surface area (Å²) in [6.45, 7) is 3.06. The molecule has 9 heteroatoms. The second kappa shape index (κ2) is 9.91. The Morgan fingerprint density at radius 2 is 2.07 bits per heavy atom. The van der Waals surface area contributed by atoms with Crippen molar-refractivity contribution in [3.63, 3.8) is 0 Å². The SMILES string of the molecule is CCOC1CC(NC(=NC)NCc2cc(F)ccc2CS(C)(=O)=O)C12CCC2.I. The van der Waals surface area contributed by atoms with E-state index in [-0.39, 0.29) is 41.0 Å². The van der Waals surface area contributed by atoms with Gasteiger partial charge in [0.15, 0.2) is 15.8 Å². The van der Waals surface area contributed by atoms with Gasteiger partial charge >= 0.3 is 0 Å². The van der Waals surface area contributed by atoms with E-state index >= 15 is 0 Å². The summed E-state index contributed by atoms with van der Waals surface area (Å²) >= 11 is 0. The number of rotatable bonds is 7. The average Bonchev–Trinajstić information content (AvgIpc) is 2.56. The zero-order valence-electron chi connectivity index (χ0n) is 17.2. The molecular weight excluding hydrogens is 508 g/mol. The average molecular weight is 539 g/mol. The highest BCUT2D eigenvalue weighted by molar-refractivity contribution is 14.0. The Labute approximate surface area is 190 Å². The molecule has 0 radical (unpaired) electrons. The normalized spacial score (nSPS) is 23.0. The number of hydrogen-bond donors (Lipinski definition) is 2. The number of guanidine groups is 1. The van der Waals surface area contributed by atoms with E-state index in [2.05, 4.69) is 15.6 Å². The van der Waals surface area contributed by atoms with Crippen molar-refractivity contribution < 1.29 is 17.5 Å². The molecule has 2 N–H and O–H groups in total. The molecule has 1 aromatic carbocycles. The molecule has 0 aliphatic heterocycles. The molecule has 2 fully saturated rings. The van der Waals surface area contributed by atoms with Crippen molar-refractivity contribution in [2.45, 2.75) is 57.1 Å². The Kier molecular flexibility index (Phi) is 8.32. The third-order valence-corrected chi connectivity index (χ3v) is 6.84. The van der Waals surface area contributed by atoms with Crippen LogP contribution in [0.25, 0.3) is 0 Å². The quantitative estimate of drug-likeness (QED) is 0.317. The van der Waals surface area contributed by atoms with Crippen molar-refractivity contribution >= 4 is 39.8 Å². The summed E-state index contributed by atoms with van der Waals surface area (Å²) in [6, 6.07) is 4.51. The number of nitrogens with one attached hydrogen (secondary N) is 2. The smallest absolute Gasteiger partial charge is 0.191 e. The van der Waals surface area contributed by atoms with Gasteiger partial charge in [-0.25, -0.2) is 12.8 Å². The zero-order valence-corrected chi connectivity index (χ0v) is 20.3. The van der Waals surface area contributed by atoms with Crippen molar-refractivity contribution in [2.75, 3.05) is 19.9 Å². The number of hydrogen-bond acceptors (Lipinski definition) is 4. The molecule has 2 aliphatic rings. The largest absolute Gasteiger partial charge is 0.378 e. The Hall–Kier alpha value is -0.940. The Bertz CT molecular complexity index is 843. The summed E-state index contributed by atoms with van der Waals surface area (Å²) in [5.41, 5.74) is 1.42. The fourth-order valence-electron chi connectivity index (χ4n) is 4.36. The van der Waals surface area contributed by atoms with Gasteiger partial charge in [-0.2, -0.15) is 0 Å². The van der Waals surface area contributed by atoms with Crippen molar-refractivity contribution in [1.82, 2.24) is 10.6 Å². The molecule has 0 saturated heterocycles. The van der Waals surface area contributed by atoms with Crippen molar-refractivity contribution in [2.24, 2.45) is 10.4 Å². The first-order valence-electron chi connectivity index (χ1n) is 9.81. The minimum absolute atomic E-state index is 0. The van der Waals surface area contributed by atoms with Gasteiger partial charge in [-0.3, -0.25) is 4.99 Å². The van der Waals surface area contributed by atoms with E-state index in [9.17, 15) is 12.8 Å². The number of aliphatic imine (C=N–C) groups is 1. The van der Waals surface area contributed by atoms with E-state index in [1.807, 2.05) is 6.92 Å². The number of ether oxygens (including phenoxy) is 1. The van der Waals surface area contributed by atoms with E-state index in [0.717, 1.165) is 25.9 Å². The lowest BCUT2D eigenvalue weighted by Crippen LogP contribution is -2.68. The van der Waals surface area contributed by atoms with Gasteiger partial charge in [-0.1, -0.05) is 12.5 Å². The minimum atomic E-state index is -3.20. The van der Waals surface area contributed by atoms with Gasteiger partial charge in [-0.15, -0.1) is 24.0 Å². The summed E-state index contributed by atoms with van der Waals surface area (Å²) in [5, 5.41) is 6.69. The van der Waals surface area contributed by atoms with Crippen LogP contribution in [-0.4, -0.2) is 46.4 Å². The van der Waals surface area contributed by atoms with Crippen LogP contribution in [-0.2, 0) is 26.9 Å². The zero-order chi connectivity index (χ0) is 20.4. The standard InChI is InChI=1S/C20H30FN3O3S.HI/c1-4-27-18-11-17(20(18)8-5-9-20)24-19(22-2)23-12-15-10-16(21)7-6-14(15)13-28(3,25)26;/h6-7,10,17-18H,4-5,8-9,11-13H2,1-3H3,(H2,22,23,24);1H. The van der Waals surface area contributed by atoms with E-state index < -0.39 is 9.84 Å². The fourth-order valence-corrected chi connectivity index (χ4v) is 5.21. The maximum absolute atomic E-state index is 13.7. The van der Waals surface area contributed by atoms with Crippen molar-refractivity contribution in [3.8, 4) is 0 Å². The predicted molar refractivity (Wildman–Crippen MR) is 124 cm³/mol. The van der Waals surface area contributed by atoms with Gasteiger partial charge in [0.25, 0.3) is 0 Å². The second-order valence-electron chi connectivity index (χ2n) is 7.87. The Morgan fingerprint density at radius 1 is 1.34 bits per heavy atom. The summed E-state index contributed by atoms with van der Waals surface area (Å²) in [5.74, 6) is 0.141. The van der Waals surface area contributed by atoms with E-state index in [0.29, 0.717) is 35.8 Å². The maximum atomic E-state index is 13.7. The van der Waals surface area contributed by atoms with E-state index in [1.165, 1.54) is 30.9 Å². The minimum Gasteiger partial charge on any atom is -0.378 e. The van der Waals surface area contributed by atoms with Crippen LogP contribution < -0.4 is 10.6 Å². The fraction of sp³-hybridized carbons (Fsp3) is 0.650. The van der Waals surface area contributed by atoms with Gasteiger partial charge in [0.05, 0.1) is 11.9 Å². The molecule has 0 aromatic heterocycles. The highest BCUT2D eigenvalue weighted by atomic mass is 127. The predicted octanol–water partition coefficient (Wildman–Crippen LogP) is 3.00. The van der Waals surface area contributed by atoms with Gasteiger partial charge in [0, 0.05) is 37.9 Å². The van der Waals surface area contributed by atoms with Crippen molar-refractivity contribution in [1.29, 1.82) is 0 Å². The molecule has 2 saturated carbocycles. The molecule has 6 nitrogen and oxygen atoms in total. The van der Waals surface area contributed by atoms with Crippen LogP contribution in [0.1, 0.15) is 43.7 Å². The summed E-state index contributed by atoms with van der Waals surface area (Å²) in [6.07, 6.45) is 5.99. The Morgan fingerprint density at radius 3 is 2.62 bits per heavy atom. The molecule has 164 valence electrons. The topological polar surface area (TPSA) is 79.8 Å². The molecule has 0 bridgehead atoms. The molecule has 0 heterocycles. The lowest BCUT2D eigenvalue weighted by molar-refractivity contribution is -0.168. The highest BCUT2D eigenvalue weighted by Crippen LogP contribution is 2.57. The molecule has 2 unspecified atom stereocenters. The number of nitrogens with zero attached hydrogens (tertiary/aromatic N) is 1. The first-order chi connectivity index (χ1) is 13.3. The third-order valence-electron chi connectivity index (χ3n) is 6.00. The number of benzene rings is 1. The van der Waals surface area contributed by atoms with Crippen LogP contribution in [0.15, 0.2) is 23.2 Å². The lowest BCUT2D eigenvalue weighted by Gasteiger charge is -2.61. The van der Waals surface area contributed by atoms with Crippen LogP contribution in [0.5, 0.6) is 0 Å². The first kappa shape index (κ1) is 24.3. The monoisotopic (exact) mass is 539 g/mol. The summed E-state index contributed by atoms with van der Waals surface area (Å²) in [7, 11) is -1.50. The molecule has 0 amide bonds. The van der Waals surface area contributed by atoms with Gasteiger partial charge < -0.3 is 15.4 Å². The van der Waals surface area contributed by atoms with Crippen LogP contribution >= 0.6 is 24.0 Å². The van der Waals surface area contributed by atoms with E-state index in [4.69, 9.17) is 4.74 Å².